The van der Waals surface area contributed by atoms with Gasteiger partial charge in [-0.3, -0.25) is 0 Å². The van der Waals surface area contributed by atoms with E-state index in [9.17, 15) is 22.0 Å². The van der Waals surface area contributed by atoms with Crippen LogP contribution < -0.4 is 20.4 Å². The number of anilines is 3. The highest BCUT2D eigenvalue weighted by Crippen LogP contribution is 2.56. The quantitative estimate of drug-likeness (QED) is 0.196. The molecule has 5 rings (SSSR count). The summed E-state index contributed by atoms with van der Waals surface area (Å²) in [4.78, 5) is 3.64. The minimum Gasteiger partial charge on any atom is -0.374 e. The van der Waals surface area contributed by atoms with E-state index in [4.69, 9.17) is 27.3 Å². The maximum atomic E-state index is 14.5. The van der Waals surface area contributed by atoms with Crippen molar-refractivity contribution >= 4 is 55.7 Å². The van der Waals surface area contributed by atoms with E-state index in [1.54, 1.807) is 17.9 Å². The Balaban J connectivity index is 1.76. The largest absolute Gasteiger partial charge is 0.416 e. The first-order chi connectivity index (χ1) is 20.5. The van der Waals surface area contributed by atoms with Gasteiger partial charge in [-0.25, -0.2) is 8.78 Å². The SMILES string of the molecule is [B]C([B])(C)N1C(=C)N(CCCC)c2cc(NC(=C)c3cc(F)cc(C(F)(F)F)c3)c3c(c21)C(=C)NC3c1cc(F)ccc1Cl. The van der Waals surface area contributed by atoms with E-state index in [0.717, 1.165) is 25.0 Å². The molecule has 4 nitrogen and oxygen atoms in total. The molecular weight excluding hydrogens is 592 g/mol. The minimum atomic E-state index is -4.77. The molecule has 1 atom stereocenters. The molecule has 0 amide bonds. The predicted octanol–water partition coefficient (Wildman–Crippen LogP) is 8.29. The lowest BCUT2D eigenvalue weighted by Crippen LogP contribution is -2.47. The Hall–Kier alpha value is -3.85. The summed E-state index contributed by atoms with van der Waals surface area (Å²) in [6, 6.07) is 7.17. The van der Waals surface area contributed by atoms with Crippen molar-refractivity contribution in [2.24, 2.45) is 0 Å². The molecule has 2 aliphatic heterocycles. The molecular formula is C32H28B2ClF5N4. The molecule has 2 heterocycles. The van der Waals surface area contributed by atoms with Crippen LogP contribution in [0.15, 0.2) is 68.0 Å². The number of hydrogen-bond acceptors (Lipinski definition) is 4. The highest BCUT2D eigenvalue weighted by molar-refractivity contribution is 6.42. The standard InChI is InChI=1S/C32H28B2ClF5N4/c1-6-7-10-43-18(4)44(31(5,33)34)30-26(43)15-25(41-16(2)19-11-20(32(38,39)40)13-22(37)12-19)28-27(30)17(3)42-29(28)23-14-21(36)8-9-24(23)35/h8-9,11-15,29,41-42H,2-4,6-7,10H2,1,5H3. The van der Waals surface area contributed by atoms with Gasteiger partial charge in [0.1, 0.15) is 17.5 Å². The van der Waals surface area contributed by atoms with Gasteiger partial charge in [0, 0.05) is 50.9 Å². The summed E-state index contributed by atoms with van der Waals surface area (Å²) < 4.78 is 69.4. The number of hydrogen-bond donors (Lipinski definition) is 2. The van der Waals surface area contributed by atoms with Gasteiger partial charge in [0.2, 0.25) is 0 Å². The molecule has 0 fully saturated rings. The van der Waals surface area contributed by atoms with Gasteiger partial charge in [-0.1, -0.05) is 51.6 Å². The van der Waals surface area contributed by atoms with Crippen LogP contribution in [0.2, 0.25) is 5.02 Å². The second kappa shape index (κ2) is 11.3. The van der Waals surface area contributed by atoms with Crippen LogP contribution in [0.4, 0.5) is 39.0 Å². The van der Waals surface area contributed by atoms with Crippen molar-refractivity contribution in [1.82, 2.24) is 5.32 Å². The fourth-order valence-electron chi connectivity index (χ4n) is 5.74. The summed E-state index contributed by atoms with van der Waals surface area (Å²) in [5, 5.41) is 5.27. The molecule has 3 aromatic carbocycles. The lowest BCUT2D eigenvalue weighted by molar-refractivity contribution is -0.137. The zero-order valence-corrected chi connectivity index (χ0v) is 24.9. The molecule has 0 bridgehead atoms. The van der Waals surface area contributed by atoms with E-state index in [-0.39, 0.29) is 16.3 Å². The predicted molar refractivity (Wildman–Crippen MR) is 170 cm³/mol. The molecule has 0 aromatic heterocycles. The van der Waals surface area contributed by atoms with Crippen molar-refractivity contribution < 1.29 is 22.0 Å². The molecule has 44 heavy (non-hydrogen) atoms. The van der Waals surface area contributed by atoms with E-state index < -0.39 is 34.8 Å². The van der Waals surface area contributed by atoms with Crippen molar-refractivity contribution in [3.05, 3.63) is 112 Å². The second-order valence-electron chi connectivity index (χ2n) is 11.1. The molecule has 4 radical (unpaired) electrons. The third-order valence-electron chi connectivity index (χ3n) is 7.66. The van der Waals surface area contributed by atoms with Crippen LogP contribution in [0.1, 0.15) is 60.5 Å². The Labute approximate surface area is 261 Å². The molecule has 3 aromatic rings. The van der Waals surface area contributed by atoms with Crippen LogP contribution in [-0.2, 0) is 6.18 Å². The van der Waals surface area contributed by atoms with Gasteiger partial charge < -0.3 is 20.4 Å². The summed E-state index contributed by atoms with van der Waals surface area (Å²) in [5.74, 6) is -1.08. The Bertz CT molecular complexity index is 1700. The van der Waals surface area contributed by atoms with Crippen LogP contribution >= 0.6 is 11.6 Å². The van der Waals surface area contributed by atoms with Crippen LogP contribution in [0.25, 0.3) is 11.4 Å². The number of rotatable bonds is 8. The third-order valence-corrected chi connectivity index (χ3v) is 8.00. The van der Waals surface area contributed by atoms with E-state index in [2.05, 4.69) is 30.4 Å². The third kappa shape index (κ3) is 5.58. The first-order valence-electron chi connectivity index (χ1n) is 13.8. The van der Waals surface area contributed by atoms with Gasteiger partial charge in [0.25, 0.3) is 0 Å². The van der Waals surface area contributed by atoms with Crippen molar-refractivity contribution in [3.63, 3.8) is 0 Å². The van der Waals surface area contributed by atoms with Gasteiger partial charge in [-0.05, 0) is 54.2 Å². The zero-order valence-electron chi connectivity index (χ0n) is 24.2. The van der Waals surface area contributed by atoms with Crippen LogP contribution in [0.5, 0.6) is 0 Å². The second-order valence-corrected chi connectivity index (χ2v) is 11.5. The van der Waals surface area contributed by atoms with Crippen LogP contribution in [0, 0.1) is 11.6 Å². The summed E-state index contributed by atoms with van der Waals surface area (Å²) in [6.45, 7) is 16.7. The number of halogens is 6. The number of nitrogens with one attached hydrogen (secondary N) is 2. The van der Waals surface area contributed by atoms with Crippen LogP contribution in [0.3, 0.4) is 0 Å². The molecule has 12 heteroatoms. The summed E-state index contributed by atoms with van der Waals surface area (Å²) in [6.07, 6.45) is -3.09. The van der Waals surface area contributed by atoms with Gasteiger partial charge in [-0.2, -0.15) is 13.2 Å². The van der Waals surface area contributed by atoms with Crippen molar-refractivity contribution in [2.45, 2.75) is 44.2 Å². The molecule has 0 aliphatic carbocycles. The molecule has 2 N–H and O–H groups in total. The average Bonchev–Trinajstić information content (AvgIpc) is 3.41. The molecule has 224 valence electrons. The number of alkyl halides is 3. The van der Waals surface area contributed by atoms with Crippen molar-refractivity contribution in [1.29, 1.82) is 0 Å². The Morgan fingerprint density at radius 2 is 1.77 bits per heavy atom. The fraction of sp³-hybridized carbons (Fsp3) is 0.250. The topological polar surface area (TPSA) is 30.5 Å². The maximum absolute atomic E-state index is 14.5. The van der Waals surface area contributed by atoms with Gasteiger partial charge in [-0.15, -0.1) is 0 Å². The van der Waals surface area contributed by atoms with Gasteiger partial charge >= 0.3 is 6.18 Å². The highest BCUT2D eigenvalue weighted by atomic mass is 35.5. The monoisotopic (exact) mass is 620 g/mol. The number of fused-ring (bicyclic) bond motifs is 3. The van der Waals surface area contributed by atoms with E-state index in [0.29, 0.717) is 57.9 Å². The lowest BCUT2D eigenvalue weighted by atomic mass is 9.62. The Kier molecular flexibility index (Phi) is 8.08. The Morgan fingerprint density at radius 3 is 2.41 bits per heavy atom. The van der Waals surface area contributed by atoms with Crippen molar-refractivity contribution in [3.8, 4) is 0 Å². The zero-order chi connectivity index (χ0) is 32.3. The Morgan fingerprint density at radius 1 is 1.07 bits per heavy atom. The van der Waals surface area contributed by atoms with E-state index in [1.165, 1.54) is 18.2 Å². The maximum Gasteiger partial charge on any atom is 0.416 e. The highest BCUT2D eigenvalue weighted by Gasteiger charge is 2.43. The van der Waals surface area contributed by atoms with Gasteiger partial charge in [0.15, 0.2) is 0 Å². The lowest BCUT2D eigenvalue weighted by Gasteiger charge is -2.37. The van der Waals surface area contributed by atoms with Crippen molar-refractivity contribution in [2.75, 3.05) is 21.7 Å². The first kappa shape index (κ1) is 31.6. The van der Waals surface area contributed by atoms with E-state index >= 15 is 0 Å². The summed E-state index contributed by atoms with van der Waals surface area (Å²) in [5.41, 5.74) is 2.32. The van der Waals surface area contributed by atoms with E-state index in [1.807, 2.05) is 11.8 Å². The summed E-state index contributed by atoms with van der Waals surface area (Å²) in [7, 11) is 12.9. The normalized spacial score (nSPS) is 16.2. The fourth-order valence-corrected chi connectivity index (χ4v) is 5.96. The summed E-state index contributed by atoms with van der Waals surface area (Å²) >= 11 is 6.55. The smallest absolute Gasteiger partial charge is 0.374 e. The average molecular weight is 621 g/mol. The van der Waals surface area contributed by atoms with Gasteiger partial charge in [0.05, 0.1) is 38.7 Å². The number of benzene rings is 3. The van der Waals surface area contributed by atoms with Crippen LogP contribution in [-0.4, -0.2) is 27.6 Å². The molecule has 1 unspecified atom stereocenters. The molecule has 0 saturated heterocycles. The minimum absolute atomic E-state index is 0.00460. The number of nitrogens with zero attached hydrogens (tertiary/aromatic N) is 2. The molecule has 2 aliphatic rings. The number of unbranched alkanes of at least 4 members (excludes halogenated alkanes) is 1. The first-order valence-corrected chi connectivity index (χ1v) is 14.2. The molecule has 0 spiro atoms. The molecule has 0 saturated carbocycles.